The third-order valence-electron chi connectivity index (χ3n) is 2.75. The Hall–Kier alpha value is -1.68. The molecule has 0 nitrogen and oxygen atoms in total. The molecule has 104 valence electrons. The molecule has 0 aliphatic rings. The fourth-order valence-corrected chi connectivity index (χ4v) is 2.37. The van der Waals surface area contributed by atoms with Gasteiger partial charge in [0.15, 0.2) is 0 Å². The lowest BCUT2D eigenvalue weighted by Crippen LogP contribution is -1.90. The fourth-order valence-electron chi connectivity index (χ4n) is 1.66. The predicted octanol–water partition coefficient (Wildman–Crippen LogP) is 5.32. The minimum Gasteiger partial charge on any atom is -0.207 e. The molecule has 0 aliphatic carbocycles. The SMILES string of the molecule is Cc1ccc(CSC=Cc2c(F)cc(F)cc2F)cc1. The van der Waals surface area contributed by atoms with Crippen LogP contribution in [-0.2, 0) is 5.75 Å². The minimum absolute atomic E-state index is 0.220. The molecule has 0 amide bonds. The van der Waals surface area contributed by atoms with E-state index in [9.17, 15) is 13.2 Å². The third kappa shape index (κ3) is 3.90. The Morgan fingerprint density at radius 3 is 2.20 bits per heavy atom. The second-order valence-corrected chi connectivity index (χ2v) is 5.28. The van der Waals surface area contributed by atoms with Crippen LogP contribution in [0.1, 0.15) is 16.7 Å². The van der Waals surface area contributed by atoms with Crippen LogP contribution >= 0.6 is 11.8 Å². The predicted molar refractivity (Wildman–Crippen MR) is 77.8 cm³/mol. The van der Waals surface area contributed by atoms with Gasteiger partial charge in [-0.2, -0.15) is 0 Å². The van der Waals surface area contributed by atoms with Crippen molar-refractivity contribution < 1.29 is 13.2 Å². The zero-order valence-corrected chi connectivity index (χ0v) is 11.7. The van der Waals surface area contributed by atoms with E-state index < -0.39 is 17.5 Å². The van der Waals surface area contributed by atoms with Gasteiger partial charge in [0.05, 0.1) is 0 Å². The number of hydrogen-bond donors (Lipinski definition) is 0. The summed E-state index contributed by atoms with van der Waals surface area (Å²) < 4.78 is 39.5. The molecule has 2 rings (SSSR count). The van der Waals surface area contributed by atoms with Gasteiger partial charge in [0.2, 0.25) is 0 Å². The Labute approximate surface area is 120 Å². The first-order valence-corrected chi connectivity index (χ1v) is 7.09. The topological polar surface area (TPSA) is 0 Å². The van der Waals surface area contributed by atoms with Crippen molar-refractivity contribution in [3.05, 3.63) is 75.9 Å². The van der Waals surface area contributed by atoms with Gasteiger partial charge in [0.25, 0.3) is 0 Å². The third-order valence-corrected chi connectivity index (χ3v) is 3.57. The molecule has 0 radical (unpaired) electrons. The summed E-state index contributed by atoms with van der Waals surface area (Å²) in [5.74, 6) is -1.99. The smallest absolute Gasteiger partial charge is 0.136 e. The van der Waals surface area contributed by atoms with Gasteiger partial charge in [-0.1, -0.05) is 29.8 Å². The summed E-state index contributed by atoms with van der Waals surface area (Å²) in [6, 6.07) is 9.39. The van der Waals surface area contributed by atoms with E-state index in [1.807, 2.05) is 31.2 Å². The maximum absolute atomic E-state index is 13.4. The lowest BCUT2D eigenvalue weighted by atomic mass is 10.2. The van der Waals surface area contributed by atoms with E-state index >= 15 is 0 Å². The van der Waals surface area contributed by atoms with Gasteiger partial charge >= 0.3 is 0 Å². The molecule has 0 aromatic heterocycles. The molecule has 0 saturated carbocycles. The summed E-state index contributed by atoms with van der Waals surface area (Å²) in [5, 5.41) is 1.61. The van der Waals surface area contributed by atoms with E-state index in [0.29, 0.717) is 17.9 Å². The molecule has 0 fully saturated rings. The quantitative estimate of drug-likeness (QED) is 0.735. The summed E-state index contributed by atoms with van der Waals surface area (Å²) in [7, 11) is 0. The highest BCUT2D eigenvalue weighted by molar-refractivity contribution is 8.01. The largest absolute Gasteiger partial charge is 0.207 e. The number of rotatable bonds is 4. The van der Waals surface area contributed by atoms with E-state index in [1.165, 1.54) is 23.4 Å². The summed E-state index contributed by atoms with van der Waals surface area (Å²) >= 11 is 1.42. The average molecular weight is 294 g/mol. The van der Waals surface area contributed by atoms with Crippen molar-refractivity contribution in [2.45, 2.75) is 12.7 Å². The highest BCUT2D eigenvalue weighted by Crippen LogP contribution is 2.20. The normalized spacial score (nSPS) is 11.2. The lowest BCUT2D eigenvalue weighted by molar-refractivity contribution is 0.540. The Bertz CT molecular complexity index is 595. The first kappa shape index (κ1) is 14.7. The number of halogens is 3. The molecule has 0 bridgehead atoms. The van der Waals surface area contributed by atoms with Crippen molar-refractivity contribution in [1.82, 2.24) is 0 Å². The van der Waals surface area contributed by atoms with E-state index in [0.717, 1.165) is 5.56 Å². The molecule has 4 heteroatoms. The first-order chi connectivity index (χ1) is 9.56. The van der Waals surface area contributed by atoms with Crippen molar-refractivity contribution in [3.63, 3.8) is 0 Å². The van der Waals surface area contributed by atoms with Crippen molar-refractivity contribution in [2.24, 2.45) is 0 Å². The highest BCUT2D eigenvalue weighted by Gasteiger charge is 2.08. The zero-order valence-electron chi connectivity index (χ0n) is 10.9. The van der Waals surface area contributed by atoms with Crippen molar-refractivity contribution in [1.29, 1.82) is 0 Å². The Morgan fingerprint density at radius 2 is 1.60 bits per heavy atom. The molecule has 20 heavy (non-hydrogen) atoms. The van der Waals surface area contributed by atoms with E-state index in [-0.39, 0.29) is 5.56 Å². The van der Waals surface area contributed by atoms with Crippen LogP contribution in [0.4, 0.5) is 13.2 Å². The zero-order chi connectivity index (χ0) is 14.5. The number of benzene rings is 2. The molecule has 0 saturated heterocycles. The molecule has 2 aromatic carbocycles. The van der Waals surface area contributed by atoms with Gasteiger partial charge in [-0.3, -0.25) is 0 Å². The fraction of sp³-hybridized carbons (Fsp3) is 0.125. The Morgan fingerprint density at radius 1 is 1.00 bits per heavy atom. The molecular weight excluding hydrogens is 281 g/mol. The summed E-state index contributed by atoms with van der Waals surface area (Å²) in [4.78, 5) is 0. The second-order valence-electron chi connectivity index (χ2n) is 4.38. The van der Waals surface area contributed by atoms with Gasteiger partial charge in [-0.25, -0.2) is 13.2 Å². The van der Waals surface area contributed by atoms with Gasteiger partial charge in [-0.15, -0.1) is 11.8 Å². The Balaban J connectivity index is 1.99. The lowest BCUT2D eigenvalue weighted by Gasteiger charge is -2.01. The number of thioether (sulfide) groups is 1. The molecular formula is C16H13F3S. The van der Waals surface area contributed by atoms with Crippen LogP contribution in [0.3, 0.4) is 0 Å². The molecule has 0 atom stereocenters. The van der Waals surface area contributed by atoms with E-state index in [2.05, 4.69) is 0 Å². The van der Waals surface area contributed by atoms with Crippen molar-refractivity contribution >= 4 is 17.8 Å². The average Bonchev–Trinajstić information content (AvgIpc) is 2.39. The standard InChI is InChI=1S/C16H13F3S/c1-11-2-4-12(5-3-11)10-20-7-6-14-15(18)8-13(17)9-16(14)19/h2-9H,10H2,1H3. The van der Waals surface area contributed by atoms with E-state index in [1.54, 1.807) is 5.41 Å². The number of aryl methyl sites for hydroxylation is 1. The van der Waals surface area contributed by atoms with Gasteiger partial charge in [0, 0.05) is 23.4 Å². The van der Waals surface area contributed by atoms with Gasteiger partial charge in [-0.05, 0) is 24.0 Å². The van der Waals surface area contributed by atoms with Crippen LogP contribution in [0.2, 0.25) is 0 Å². The second kappa shape index (κ2) is 6.66. The Kier molecular flexibility index (Phi) is 4.90. The summed E-state index contributed by atoms with van der Waals surface area (Å²) in [5.41, 5.74) is 2.10. The first-order valence-electron chi connectivity index (χ1n) is 6.04. The monoisotopic (exact) mass is 294 g/mol. The maximum atomic E-state index is 13.4. The molecule has 0 aliphatic heterocycles. The minimum atomic E-state index is -0.913. The van der Waals surface area contributed by atoms with Crippen molar-refractivity contribution in [2.75, 3.05) is 0 Å². The maximum Gasteiger partial charge on any atom is 0.136 e. The van der Waals surface area contributed by atoms with Crippen LogP contribution in [-0.4, -0.2) is 0 Å². The number of hydrogen-bond acceptors (Lipinski definition) is 1. The molecule has 0 N–H and O–H groups in total. The van der Waals surface area contributed by atoms with Crippen LogP contribution in [0, 0.1) is 24.4 Å². The van der Waals surface area contributed by atoms with Crippen LogP contribution in [0.15, 0.2) is 41.8 Å². The van der Waals surface area contributed by atoms with Crippen molar-refractivity contribution in [3.8, 4) is 0 Å². The highest BCUT2D eigenvalue weighted by atomic mass is 32.2. The molecule has 0 spiro atoms. The van der Waals surface area contributed by atoms with Gasteiger partial charge in [0.1, 0.15) is 17.5 Å². The summed E-state index contributed by atoms with van der Waals surface area (Å²) in [6.07, 6.45) is 1.32. The summed E-state index contributed by atoms with van der Waals surface area (Å²) in [6.45, 7) is 2.01. The van der Waals surface area contributed by atoms with E-state index in [4.69, 9.17) is 0 Å². The molecule has 0 heterocycles. The van der Waals surface area contributed by atoms with Crippen LogP contribution < -0.4 is 0 Å². The molecule has 2 aromatic rings. The van der Waals surface area contributed by atoms with Crippen LogP contribution in [0.25, 0.3) is 6.08 Å². The molecule has 0 unspecified atom stereocenters. The van der Waals surface area contributed by atoms with Crippen LogP contribution in [0.5, 0.6) is 0 Å². The van der Waals surface area contributed by atoms with Gasteiger partial charge < -0.3 is 0 Å².